The Morgan fingerprint density at radius 2 is 1.02 bits per heavy atom. The summed E-state index contributed by atoms with van der Waals surface area (Å²) in [7, 11) is 1.26. The molecule has 5 atom stereocenters. The molecular formula is C70H85N5O12. The number of para-hydroxylation sites is 2. The van der Waals surface area contributed by atoms with Crippen molar-refractivity contribution in [2.45, 2.75) is 144 Å². The highest BCUT2D eigenvalue weighted by atomic mass is 16.5. The van der Waals surface area contributed by atoms with E-state index < -0.39 is 65.8 Å². The Morgan fingerprint density at radius 1 is 0.529 bits per heavy atom. The van der Waals surface area contributed by atoms with Crippen molar-refractivity contribution in [1.29, 1.82) is 0 Å². The van der Waals surface area contributed by atoms with Gasteiger partial charge in [0.1, 0.15) is 53.8 Å². The highest BCUT2D eigenvalue weighted by Gasteiger charge is 2.33. The Morgan fingerprint density at radius 3 is 1.48 bits per heavy atom. The highest BCUT2D eigenvalue weighted by Crippen LogP contribution is 2.40. The molecule has 0 heterocycles. The quantitative estimate of drug-likeness (QED) is 0.0209. The molecule has 1 aliphatic rings. The summed E-state index contributed by atoms with van der Waals surface area (Å²) in [6, 6.07) is 32.2. The van der Waals surface area contributed by atoms with Crippen molar-refractivity contribution in [3.63, 3.8) is 0 Å². The Labute approximate surface area is 511 Å². The molecule has 0 saturated carbocycles. The molecule has 0 saturated heterocycles. The number of phenols is 2. The van der Waals surface area contributed by atoms with E-state index in [2.05, 4.69) is 26.6 Å². The molecule has 0 spiro atoms. The lowest BCUT2D eigenvalue weighted by atomic mass is 9.90. The first kappa shape index (κ1) is 65.7. The Kier molecular flexibility index (Phi) is 23.8. The van der Waals surface area contributed by atoms with Crippen LogP contribution >= 0.6 is 0 Å². The molecule has 8 bridgehead atoms. The van der Waals surface area contributed by atoms with Crippen LogP contribution in [-0.2, 0) is 67.4 Å². The van der Waals surface area contributed by atoms with Crippen molar-refractivity contribution in [2.75, 3.05) is 25.6 Å². The fourth-order valence-corrected chi connectivity index (χ4v) is 10.7. The van der Waals surface area contributed by atoms with Crippen LogP contribution in [0.15, 0.2) is 121 Å². The summed E-state index contributed by atoms with van der Waals surface area (Å²) < 4.78 is 23.7. The number of amides is 5. The number of phenolic OH excluding ortho intramolecular Hbond substituents is 2. The second kappa shape index (κ2) is 31.5. The number of nitrogens with one attached hydrogen (secondary N) is 5. The summed E-state index contributed by atoms with van der Waals surface area (Å²) >= 11 is 0. The number of anilines is 1. The molecule has 462 valence electrons. The molecular weight excluding hydrogens is 1100 g/mol. The topological polar surface area (TPSA) is 240 Å². The molecule has 87 heavy (non-hydrogen) atoms. The molecule has 1 aliphatic carbocycles. The van der Waals surface area contributed by atoms with E-state index in [1.807, 2.05) is 139 Å². The number of fused-ring (bicyclic) bond motifs is 8. The summed E-state index contributed by atoms with van der Waals surface area (Å²) in [4.78, 5) is 83.9. The summed E-state index contributed by atoms with van der Waals surface area (Å²) in [5, 5.41) is 39.4. The SMILES string of the molecule is CCCOc1c2cccc1Cc1cc(C(=O)N[C@H](C(=O)N[C@@H](Cc3ccccc3)C(=O)OC)C(C)C)cc(c1O)Cc1cccc(c1OCCC)Cc1cc(NC(=O)[C@@H](NC(=O)[C@H](CC(C)C)NC(=O)OCc3ccccc3)[C@@H](C)CC)cc(c1O)C2. The van der Waals surface area contributed by atoms with Gasteiger partial charge in [0.2, 0.25) is 17.7 Å². The highest BCUT2D eigenvalue weighted by molar-refractivity contribution is 6.00. The number of ether oxygens (including phenoxy) is 4. The van der Waals surface area contributed by atoms with Crippen LogP contribution in [0.2, 0.25) is 0 Å². The van der Waals surface area contributed by atoms with Crippen molar-refractivity contribution in [3.8, 4) is 23.0 Å². The van der Waals surface area contributed by atoms with Crippen molar-refractivity contribution in [3.05, 3.63) is 183 Å². The lowest BCUT2D eigenvalue weighted by Gasteiger charge is -2.27. The molecule has 0 aromatic heterocycles. The largest absolute Gasteiger partial charge is 0.507 e. The van der Waals surface area contributed by atoms with Gasteiger partial charge in [0, 0.05) is 54.5 Å². The maximum atomic E-state index is 14.7. The van der Waals surface area contributed by atoms with Gasteiger partial charge in [-0.1, -0.05) is 159 Å². The number of carbonyl (C=O) groups is 6. The van der Waals surface area contributed by atoms with Gasteiger partial charge in [-0.2, -0.15) is 0 Å². The van der Waals surface area contributed by atoms with E-state index in [-0.39, 0.29) is 74.0 Å². The third-order valence-corrected chi connectivity index (χ3v) is 15.5. The molecule has 0 aliphatic heterocycles. The third kappa shape index (κ3) is 17.9. The first-order chi connectivity index (χ1) is 41.8. The number of esters is 1. The number of carbonyl (C=O) groups excluding carboxylic acids is 6. The van der Waals surface area contributed by atoms with Crippen LogP contribution < -0.4 is 36.1 Å². The van der Waals surface area contributed by atoms with Gasteiger partial charge in [-0.3, -0.25) is 19.2 Å². The smallest absolute Gasteiger partial charge is 0.408 e. The third-order valence-electron chi connectivity index (χ3n) is 15.5. The number of rotatable bonds is 25. The number of methoxy groups -OCH3 is 1. The molecule has 0 unspecified atom stereocenters. The van der Waals surface area contributed by atoms with E-state index in [0.717, 1.165) is 11.1 Å². The maximum Gasteiger partial charge on any atom is 0.408 e. The fourth-order valence-electron chi connectivity index (χ4n) is 10.7. The Bertz CT molecular complexity index is 3240. The van der Waals surface area contributed by atoms with Gasteiger partial charge in [0.05, 0.1) is 20.3 Å². The zero-order valence-corrected chi connectivity index (χ0v) is 51.6. The normalized spacial score (nSPS) is 13.6. The molecule has 6 aromatic rings. The van der Waals surface area contributed by atoms with E-state index in [1.165, 1.54) is 7.11 Å². The van der Waals surface area contributed by atoms with E-state index in [4.69, 9.17) is 18.9 Å². The predicted octanol–water partition coefficient (Wildman–Crippen LogP) is 10.8. The van der Waals surface area contributed by atoms with Crippen molar-refractivity contribution >= 4 is 41.4 Å². The zero-order chi connectivity index (χ0) is 62.7. The molecule has 7 rings (SSSR count). The minimum atomic E-state index is -1.08. The minimum Gasteiger partial charge on any atom is -0.507 e. The van der Waals surface area contributed by atoms with Crippen LogP contribution in [-0.4, -0.2) is 90.4 Å². The number of hydrogen-bond donors (Lipinski definition) is 7. The Hall–Kier alpha value is -8.86. The number of hydrogen-bond acceptors (Lipinski definition) is 12. The minimum absolute atomic E-state index is 0.00175. The number of benzene rings is 6. The lowest BCUT2D eigenvalue weighted by molar-refractivity contribution is -0.145. The first-order valence-corrected chi connectivity index (χ1v) is 30.3. The second-order valence-electron chi connectivity index (χ2n) is 23.2. The van der Waals surface area contributed by atoms with E-state index in [1.54, 1.807) is 38.1 Å². The maximum absolute atomic E-state index is 14.7. The average molecular weight is 1190 g/mol. The van der Waals surface area contributed by atoms with Crippen LogP contribution in [0.1, 0.15) is 147 Å². The monoisotopic (exact) mass is 1190 g/mol. The van der Waals surface area contributed by atoms with Crippen LogP contribution in [0.4, 0.5) is 10.5 Å². The molecule has 17 nitrogen and oxygen atoms in total. The van der Waals surface area contributed by atoms with Gasteiger partial charge in [-0.15, -0.1) is 0 Å². The first-order valence-electron chi connectivity index (χ1n) is 30.3. The summed E-state index contributed by atoms with van der Waals surface area (Å²) in [5.41, 5.74) is 6.63. The molecule has 5 amide bonds. The van der Waals surface area contributed by atoms with Gasteiger partial charge in [0.15, 0.2) is 0 Å². The van der Waals surface area contributed by atoms with Crippen molar-refractivity contribution in [2.24, 2.45) is 17.8 Å². The van der Waals surface area contributed by atoms with Crippen molar-refractivity contribution in [1.82, 2.24) is 21.3 Å². The van der Waals surface area contributed by atoms with E-state index >= 15 is 0 Å². The molecule has 17 heteroatoms. The summed E-state index contributed by atoms with van der Waals surface area (Å²) in [6.07, 6.45) is 1.99. The second-order valence-corrected chi connectivity index (χ2v) is 23.2. The summed E-state index contributed by atoms with van der Waals surface area (Å²) in [5.74, 6) is -2.59. The summed E-state index contributed by atoms with van der Waals surface area (Å²) in [6.45, 7) is 15.9. The zero-order valence-electron chi connectivity index (χ0n) is 51.6. The van der Waals surface area contributed by atoms with Gasteiger partial charge in [0.25, 0.3) is 5.91 Å². The van der Waals surface area contributed by atoms with Crippen LogP contribution in [0.3, 0.4) is 0 Å². The predicted molar refractivity (Wildman–Crippen MR) is 335 cm³/mol. The van der Waals surface area contributed by atoms with Crippen molar-refractivity contribution < 1.29 is 57.9 Å². The van der Waals surface area contributed by atoms with Gasteiger partial charge < -0.3 is 55.7 Å². The van der Waals surface area contributed by atoms with Crippen LogP contribution in [0, 0.1) is 17.8 Å². The lowest BCUT2D eigenvalue weighted by Crippen LogP contribution is -2.55. The molecule has 6 aromatic carbocycles. The number of alkyl carbamates (subject to hydrolysis) is 1. The van der Waals surface area contributed by atoms with Gasteiger partial charge >= 0.3 is 12.1 Å². The number of aromatic hydroxyl groups is 2. The fraction of sp³-hybridized carbons (Fsp3) is 0.400. The van der Waals surface area contributed by atoms with Crippen LogP contribution in [0.25, 0.3) is 0 Å². The molecule has 0 radical (unpaired) electrons. The average Bonchev–Trinajstić information content (AvgIpc) is 2.34. The molecule has 7 N–H and O–H groups in total. The standard InChI is InChI=1S/C70H85N5O12/c1-10-29-85-63-47-25-19-27-49(63)35-53-39-56(71-68(81)60(44(8)12-3)75-66(79)57(31-42(4)5)73-70(83)87-41-46-23-17-14-18-24-46)40-54(62(53)77)36-50-28-20-26-48(64(50)86-30-11-2)34-52-38-55(37-51(33-47)61(52)76)65(78)74-59(43(6)7)67(80)72-58(69(82)84-9)32-45-21-15-13-16-22-45/h13-28,37-40,42-44,57-60,76-77H,10-12,29-36,41H2,1-9H3,(H,71,81)(H,72,80)(H,73,83)(H,74,78)(H,75,79)/t44-,57-,58-,59-,60-/m0/s1. The van der Waals surface area contributed by atoms with E-state index in [0.29, 0.717) is 94.2 Å². The van der Waals surface area contributed by atoms with Gasteiger partial charge in [-0.25, -0.2) is 9.59 Å². The van der Waals surface area contributed by atoms with Crippen LogP contribution in [0.5, 0.6) is 23.0 Å². The van der Waals surface area contributed by atoms with Gasteiger partial charge in [-0.05, 0) is 106 Å². The Balaban J connectivity index is 1.26. The molecule has 0 fully saturated rings. The van der Waals surface area contributed by atoms with E-state index in [9.17, 15) is 39.0 Å².